The van der Waals surface area contributed by atoms with Gasteiger partial charge in [0, 0.05) is 77.5 Å². The van der Waals surface area contributed by atoms with Gasteiger partial charge in [0.05, 0.1) is 22.4 Å². The van der Waals surface area contributed by atoms with E-state index in [1.54, 1.807) is 0 Å². The van der Waals surface area contributed by atoms with Crippen molar-refractivity contribution >= 4 is 34.0 Å². The van der Waals surface area contributed by atoms with Crippen LogP contribution in [0, 0.1) is 32.3 Å². The largest absolute Gasteiger partial charge is 0.369 e. The summed E-state index contributed by atoms with van der Waals surface area (Å²) >= 11 is 0. The van der Waals surface area contributed by atoms with Crippen molar-refractivity contribution in [1.82, 2.24) is 20.2 Å². The summed E-state index contributed by atoms with van der Waals surface area (Å²) in [5.41, 5.74) is 9.82. The third-order valence-corrected chi connectivity index (χ3v) is 8.17. The Hall–Kier alpha value is -2.87. The standard InChI is InChI=1S/C21H23N5.C11H22NO.C7H7.Y/c1-14-22-19-5-3-15(12-21(19)23-14)20-13-16-11-17(4-6-18(16)24-20)26-9-7-25(2)8-10-26;1-5-7-10(13)12-9-6-8-11(2,3)4;1-7-5-3-2-4-6-7;/h3-6,11-12H,7-10,13H2,1-2H3,(H,22,23);1,5-9H2,2-4H3,(H,12,13);2-3,5-6H,1H3;/q;2*-1;. The maximum atomic E-state index is 11.0. The van der Waals surface area contributed by atoms with Crippen LogP contribution >= 0.6 is 0 Å². The number of fused-ring (bicyclic) bond motifs is 2. The molecule has 0 aliphatic carbocycles. The fraction of sp³-hybridized carbons (Fsp3) is 0.436. The molecule has 7 nitrogen and oxygen atoms in total. The van der Waals surface area contributed by atoms with E-state index in [1.807, 2.05) is 25.1 Å². The van der Waals surface area contributed by atoms with Gasteiger partial charge in [-0.2, -0.15) is 42.3 Å². The number of hydrogen-bond donors (Lipinski definition) is 2. The van der Waals surface area contributed by atoms with Crippen molar-refractivity contribution in [2.24, 2.45) is 10.4 Å². The third kappa shape index (κ3) is 12.6. The summed E-state index contributed by atoms with van der Waals surface area (Å²) in [5.74, 6) is 1.08. The molecule has 3 heterocycles. The number of anilines is 1. The Bertz CT molecular complexity index is 1580. The van der Waals surface area contributed by atoms with Crippen LogP contribution in [0.1, 0.15) is 69.0 Å². The molecule has 0 unspecified atom stereocenters. The number of carbonyl (C=O) groups excluding carboxylic acids is 1. The fourth-order valence-corrected chi connectivity index (χ4v) is 5.51. The van der Waals surface area contributed by atoms with Gasteiger partial charge in [0.1, 0.15) is 5.82 Å². The number of nitrogens with one attached hydrogen (secondary N) is 2. The summed E-state index contributed by atoms with van der Waals surface area (Å²) in [7, 11) is 2.19. The maximum absolute atomic E-state index is 11.0. The zero-order valence-electron chi connectivity index (χ0n) is 29.3. The van der Waals surface area contributed by atoms with Crippen LogP contribution in [0.2, 0.25) is 0 Å². The van der Waals surface area contributed by atoms with E-state index in [4.69, 9.17) is 4.99 Å². The van der Waals surface area contributed by atoms with Crippen molar-refractivity contribution in [3.63, 3.8) is 0 Å². The van der Waals surface area contributed by atoms with E-state index < -0.39 is 0 Å². The summed E-state index contributed by atoms with van der Waals surface area (Å²) in [5, 5.41) is 2.88. The van der Waals surface area contributed by atoms with Gasteiger partial charge in [0.15, 0.2) is 0 Å². The maximum Gasteiger partial charge on any atom is 0.217 e. The second kappa shape index (κ2) is 18.6. The summed E-state index contributed by atoms with van der Waals surface area (Å²) in [6, 6.07) is 24.0. The Kier molecular flexibility index (Phi) is 15.3. The molecule has 4 aromatic rings. The van der Waals surface area contributed by atoms with Crippen molar-refractivity contribution in [2.75, 3.05) is 44.7 Å². The van der Waals surface area contributed by atoms with Crippen molar-refractivity contribution < 1.29 is 37.5 Å². The molecule has 2 aliphatic heterocycles. The first-order valence-corrected chi connectivity index (χ1v) is 16.6. The van der Waals surface area contributed by atoms with Gasteiger partial charge in [-0.15, -0.1) is 0 Å². The van der Waals surface area contributed by atoms with Gasteiger partial charge >= 0.3 is 0 Å². The number of amides is 1. The van der Waals surface area contributed by atoms with Gasteiger partial charge in [0.2, 0.25) is 5.91 Å². The molecule has 1 saturated heterocycles. The Morgan fingerprint density at radius 3 is 2.47 bits per heavy atom. The van der Waals surface area contributed by atoms with Crippen LogP contribution in [-0.2, 0) is 43.9 Å². The number of rotatable bonds is 7. The predicted molar refractivity (Wildman–Crippen MR) is 193 cm³/mol. The second-order valence-corrected chi connectivity index (χ2v) is 13.6. The number of aromatic nitrogens is 2. The molecule has 0 bridgehead atoms. The SMILES string of the molecule is Cc1c[c-]ccc1.Cc1nc2ccc(C3=Nc4ccc(N5CCN(C)CC5)cc4C3)cc2[nH]1.[CH2-]CCC(=O)NCCCC(C)(C)C.[Y]. The molecule has 6 rings (SSSR count). The number of likely N-dealkylation sites (N-methyl/N-ethyl adjacent to an activating group) is 1. The van der Waals surface area contributed by atoms with Crippen molar-refractivity contribution in [3.8, 4) is 0 Å². The summed E-state index contributed by atoms with van der Waals surface area (Å²) in [6.45, 7) is 19.6. The van der Waals surface area contributed by atoms with E-state index in [-0.39, 0.29) is 38.6 Å². The smallest absolute Gasteiger partial charge is 0.217 e. The minimum atomic E-state index is 0. The molecule has 47 heavy (non-hydrogen) atoms. The number of piperazine rings is 1. The molecule has 249 valence electrons. The normalized spacial score (nSPS) is 14.2. The number of aromatic amines is 1. The van der Waals surface area contributed by atoms with Crippen molar-refractivity contribution in [2.45, 2.75) is 66.7 Å². The monoisotopic (exact) mass is 709 g/mol. The Morgan fingerprint density at radius 2 is 1.83 bits per heavy atom. The van der Waals surface area contributed by atoms with Crippen LogP contribution in [0.25, 0.3) is 11.0 Å². The summed E-state index contributed by atoms with van der Waals surface area (Å²) in [4.78, 5) is 28.6. The van der Waals surface area contributed by atoms with Gasteiger partial charge in [-0.25, -0.2) is 4.98 Å². The van der Waals surface area contributed by atoms with Gasteiger partial charge in [0.25, 0.3) is 0 Å². The predicted octanol–water partition coefficient (Wildman–Crippen LogP) is 7.64. The number of H-pyrrole nitrogens is 1. The summed E-state index contributed by atoms with van der Waals surface area (Å²) < 4.78 is 0. The Labute approximate surface area is 307 Å². The number of benzene rings is 3. The van der Waals surface area contributed by atoms with Gasteiger partial charge in [-0.3, -0.25) is 9.79 Å². The molecule has 0 spiro atoms. The van der Waals surface area contributed by atoms with Crippen LogP contribution in [0.4, 0.5) is 11.4 Å². The quantitative estimate of drug-likeness (QED) is 0.153. The number of hydrogen-bond acceptors (Lipinski definition) is 5. The van der Waals surface area contributed by atoms with E-state index in [2.05, 4.69) is 115 Å². The van der Waals surface area contributed by atoms with Crippen LogP contribution in [0.15, 0.2) is 65.7 Å². The molecule has 1 radical (unpaired) electrons. The molecular weight excluding hydrogens is 657 g/mol. The van der Waals surface area contributed by atoms with Crippen LogP contribution in [-0.4, -0.2) is 66.3 Å². The molecule has 0 saturated carbocycles. The molecule has 0 atom stereocenters. The van der Waals surface area contributed by atoms with Gasteiger partial charge in [-0.1, -0.05) is 33.8 Å². The van der Waals surface area contributed by atoms with E-state index >= 15 is 0 Å². The third-order valence-electron chi connectivity index (χ3n) is 8.17. The molecule has 1 amide bonds. The Balaban J connectivity index is 0.000000240. The van der Waals surface area contributed by atoms with E-state index in [1.165, 1.54) is 22.4 Å². The van der Waals surface area contributed by atoms with Crippen LogP contribution < -0.4 is 10.2 Å². The van der Waals surface area contributed by atoms with Crippen LogP contribution in [0.5, 0.6) is 0 Å². The number of imidazole rings is 1. The Morgan fingerprint density at radius 1 is 1.06 bits per heavy atom. The molecular formula is C39H52N6OY-2. The molecule has 3 aromatic carbocycles. The second-order valence-electron chi connectivity index (χ2n) is 13.6. The number of aryl methyl sites for hydroxylation is 2. The zero-order valence-corrected chi connectivity index (χ0v) is 32.2. The molecule has 8 heteroatoms. The van der Waals surface area contributed by atoms with E-state index in [9.17, 15) is 4.79 Å². The fourth-order valence-electron chi connectivity index (χ4n) is 5.51. The number of carbonyl (C=O) groups is 1. The van der Waals surface area contributed by atoms with Gasteiger partial charge in [-0.05, 0) is 80.1 Å². The number of aliphatic imine (C=N–C) groups is 1. The average molecular weight is 710 g/mol. The number of nitrogens with zero attached hydrogens (tertiary/aromatic N) is 4. The van der Waals surface area contributed by atoms with Crippen molar-refractivity contribution in [3.05, 3.63) is 96.2 Å². The topological polar surface area (TPSA) is 76.6 Å². The molecule has 1 aromatic heterocycles. The minimum absolute atomic E-state index is 0. The average Bonchev–Trinajstić information content (AvgIpc) is 3.62. The molecule has 1 fully saturated rings. The van der Waals surface area contributed by atoms with E-state index in [0.29, 0.717) is 18.3 Å². The molecule has 2 aliphatic rings. The van der Waals surface area contributed by atoms with Crippen LogP contribution in [0.3, 0.4) is 0 Å². The van der Waals surface area contributed by atoms with Gasteiger partial charge < -0.3 is 27.0 Å². The van der Waals surface area contributed by atoms with E-state index in [0.717, 1.165) is 80.2 Å². The van der Waals surface area contributed by atoms with Crippen molar-refractivity contribution in [1.29, 1.82) is 0 Å². The zero-order chi connectivity index (χ0) is 33.1. The first kappa shape index (κ1) is 38.6. The summed E-state index contributed by atoms with van der Waals surface area (Å²) in [6.07, 6.45) is 4.35. The molecule has 2 N–H and O–H groups in total. The first-order valence-electron chi connectivity index (χ1n) is 16.6. The first-order chi connectivity index (χ1) is 22.0. The minimum Gasteiger partial charge on any atom is -0.369 e.